The zero-order chi connectivity index (χ0) is 24.3. The van der Waals surface area contributed by atoms with Gasteiger partial charge in [0.2, 0.25) is 10.0 Å². The molecule has 1 aliphatic heterocycles. The zero-order valence-electron chi connectivity index (χ0n) is 19.3. The molecule has 0 unspecified atom stereocenters. The van der Waals surface area contributed by atoms with Gasteiger partial charge in [0.1, 0.15) is 5.75 Å². The number of methoxy groups -OCH3 is 1. The Hall–Kier alpha value is -2.84. The monoisotopic (exact) mass is 536 g/mol. The molecule has 0 aliphatic carbocycles. The van der Waals surface area contributed by atoms with E-state index in [1.807, 2.05) is 24.3 Å². The average Bonchev–Trinajstić information content (AvgIpc) is 2.82. The molecule has 0 amide bonds. The highest BCUT2D eigenvalue weighted by atomic mass is 35.5. The first-order valence-corrected chi connectivity index (χ1v) is 13.0. The van der Waals surface area contributed by atoms with Crippen molar-refractivity contribution in [2.45, 2.75) is 25.4 Å². The van der Waals surface area contributed by atoms with Gasteiger partial charge >= 0.3 is 0 Å². The van der Waals surface area contributed by atoms with Crippen molar-refractivity contribution in [3.8, 4) is 11.8 Å². The van der Waals surface area contributed by atoms with Crippen molar-refractivity contribution in [1.29, 1.82) is 5.26 Å². The van der Waals surface area contributed by atoms with Gasteiger partial charge in [0, 0.05) is 36.4 Å². The molecule has 9 nitrogen and oxygen atoms in total. The molecule has 2 aromatic carbocycles. The largest absolute Gasteiger partial charge is 0.495 e. The van der Waals surface area contributed by atoms with Crippen LogP contribution in [0.2, 0.25) is 5.02 Å². The fourth-order valence-corrected chi connectivity index (χ4v) is 5.21. The summed E-state index contributed by atoms with van der Waals surface area (Å²) in [6.45, 7) is 1.76. The summed E-state index contributed by atoms with van der Waals surface area (Å²) in [5.74, 6) is 1.89. The van der Waals surface area contributed by atoms with Gasteiger partial charge in [-0.15, -0.1) is 22.6 Å². The molecule has 186 valence electrons. The van der Waals surface area contributed by atoms with Crippen LogP contribution >= 0.6 is 24.0 Å². The van der Waals surface area contributed by atoms with Gasteiger partial charge in [-0.1, -0.05) is 17.7 Å². The number of benzene rings is 2. The van der Waals surface area contributed by atoms with Crippen LogP contribution in [-0.4, -0.2) is 51.1 Å². The maximum Gasteiger partial charge on any atom is 0.208 e. The van der Waals surface area contributed by atoms with Gasteiger partial charge < -0.3 is 15.0 Å². The Balaban J connectivity index is 0.00000342. The van der Waals surface area contributed by atoms with Gasteiger partial charge in [-0.05, 0) is 48.7 Å². The molecule has 0 saturated carbocycles. The lowest BCUT2D eigenvalue weighted by Gasteiger charge is -2.33. The van der Waals surface area contributed by atoms with Crippen LogP contribution in [0.3, 0.4) is 0 Å². The molecule has 0 radical (unpaired) electrons. The third-order valence-electron chi connectivity index (χ3n) is 5.74. The second-order valence-corrected chi connectivity index (χ2v) is 10.4. The number of rotatable bonds is 7. The zero-order valence-corrected chi connectivity index (χ0v) is 21.7. The Labute approximate surface area is 215 Å². The fraction of sp³-hybridized carbons (Fsp3) is 0.348. The number of nitriles is 1. The fourth-order valence-electron chi connectivity index (χ4n) is 4.09. The topological polar surface area (TPSA) is 120 Å². The number of nitrogens with zero attached hydrogens (tertiary/aromatic N) is 4. The van der Waals surface area contributed by atoms with E-state index in [9.17, 15) is 13.7 Å². The molecule has 0 spiro atoms. The number of sulfonamides is 1. The third kappa shape index (κ3) is 6.44. The maximum absolute atomic E-state index is 11.5. The molecule has 2 N–H and O–H groups in total. The van der Waals surface area contributed by atoms with E-state index in [1.165, 1.54) is 6.26 Å². The highest BCUT2D eigenvalue weighted by Gasteiger charge is 2.24. The first-order chi connectivity index (χ1) is 16.3. The van der Waals surface area contributed by atoms with Gasteiger partial charge in [0.05, 0.1) is 30.0 Å². The van der Waals surface area contributed by atoms with E-state index in [0.29, 0.717) is 54.6 Å². The molecule has 12 heteroatoms. The van der Waals surface area contributed by atoms with Crippen molar-refractivity contribution in [1.82, 2.24) is 14.9 Å². The molecule has 3 aromatic rings. The lowest BCUT2D eigenvalue weighted by atomic mass is 10.0. The minimum absolute atomic E-state index is 0. The quantitative estimate of drug-likeness (QED) is 0.468. The Morgan fingerprint density at radius 1 is 1.17 bits per heavy atom. The molecule has 1 aliphatic rings. The summed E-state index contributed by atoms with van der Waals surface area (Å²) in [6.07, 6.45) is 2.52. The van der Waals surface area contributed by atoms with Crippen molar-refractivity contribution in [2.75, 3.05) is 36.7 Å². The second kappa shape index (κ2) is 11.3. The predicted octanol–water partition coefficient (Wildman–Crippen LogP) is 3.72. The minimum Gasteiger partial charge on any atom is -0.495 e. The number of halogens is 2. The Kier molecular flexibility index (Phi) is 8.61. The summed E-state index contributed by atoms with van der Waals surface area (Å²) in [5.41, 5.74) is 1.47. The van der Waals surface area contributed by atoms with Crippen molar-refractivity contribution in [3.05, 3.63) is 52.5 Å². The van der Waals surface area contributed by atoms with Crippen LogP contribution in [0.5, 0.6) is 5.75 Å². The molecule has 0 atom stereocenters. The average molecular weight is 537 g/mol. The van der Waals surface area contributed by atoms with E-state index in [1.54, 1.807) is 19.2 Å². The first kappa shape index (κ1) is 26.8. The number of piperidine rings is 1. The summed E-state index contributed by atoms with van der Waals surface area (Å²) < 4.78 is 31.0. The molecule has 1 saturated heterocycles. The number of hydrogen-bond donors (Lipinski definition) is 2. The van der Waals surface area contributed by atoms with Gasteiger partial charge in [-0.25, -0.2) is 13.1 Å². The van der Waals surface area contributed by atoms with Crippen molar-refractivity contribution < 1.29 is 13.2 Å². The molecule has 35 heavy (non-hydrogen) atoms. The molecule has 0 bridgehead atoms. The maximum atomic E-state index is 11.5. The van der Waals surface area contributed by atoms with E-state index in [2.05, 4.69) is 31.2 Å². The SMILES string of the molecule is COc1ccc(CNc2nnc(N3CCC(NS(C)(=O)=O)CC3)c3ccc(C#N)cc23)cc1Cl.Cl. The summed E-state index contributed by atoms with van der Waals surface area (Å²) in [6, 6.07) is 13.1. The summed E-state index contributed by atoms with van der Waals surface area (Å²) >= 11 is 6.24. The molecule has 1 fully saturated rings. The number of nitrogens with one attached hydrogen (secondary N) is 2. The van der Waals surface area contributed by atoms with Gasteiger partial charge in [-0.2, -0.15) is 5.26 Å². The number of anilines is 2. The van der Waals surface area contributed by atoms with E-state index < -0.39 is 10.0 Å². The highest BCUT2D eigenvalue weighted by molar-refractivity contribution is 7.88. The van der Waals surface area contributed by atoms with Crippen LogP contribution in [0.1, 0.15) is 24.0 Å². The number of aromatic nitrogens is 2. The Morgan fingerprint density at radius 3 is 2.54 bits per heavy atom. The number of ether oxygens (including phenoxy) is 1. The Bertz CT molecular complexity index is 1360. The summed E-state index contributed by atoms with van der Waals surface area (Å²) in [4.78, 5) is 2.11. The summed E-state index contributed by atoms with van der Waals surface area (Å²) in [7, 11) is -1.67. The van der Waals surface area contributed by atoms with E-state index in [4.69, 9.17) is 16.3 Å². The third-order valence-corrected chi connectivity index (χ3v) is 6.80. The first-order valence-electron chi connectivity index (χ1n) is 10.8. The second-order valence-electron chi connectivity index (χ2n) is 8.22. The van der Waals surface area contributed by atoms with Gasteiger partial charge in [0.15, 0.2) is 11.6 Å². The smallest absolute Gasteiger partial charge is 0.208 e. The van der Waals surface area contributed by atoms with E-state index in [-0.39, 0.29) is 18.4 Å². The van der Waals surface area contributed by atoms with Crippen LogP contribution in [0.25, 0.3) is 10.8 Å². The van der Waals surface area contributed by atoms with E-state index in [0.717, 1.165) is 22.2 Å². The van der Waals surface area contributed by atoms with E-state index >= 15 is 0 Å². The summed E-state index contributed by atoms with van der Waals surface area (Å²) in [5, 5.41) is 23.8. The van der Waals surface area contributed by atoms with Crippen LogP contribution in [0.15, 0.2) is 36.4 Å². The molecule has 2 heterocycles. The predicted molar refractivity (Wildman–Crippen MR) is 140 cm³/mol. The highest BCUT2D eigenvalue weighted by Crippen LogP contribution is 2.32. The molecule has 4 rings (SSSR count). The van der Waals surface area contributed by atoms with Crippen LogP contribution in [0.4, 0.5) is 11.6 Å². The van der Waals surface area contributed by atoms with Gasteiger partial charge in [0.25, 0.3) is 0 Å². The number of hydrogen-bond acceptors (Lipinski definition) is 8. The standard InChI is InChI=1S/C23H25ClN6O3S.ClH/c1-33-21-6-4-16(12-20(21)24)14-26-22-19-11-15(13-25)3-5-18(19)23(28-27-22)30-9-7-17(8-10-30)29-34(2,31)32;/h3-6,11-12,17,29H,7-10,14H2,1-2H3,(H,26,27);1H. The number of fused-ring (bicyclic) bond motifs is 1. The Morgan fingerprint density at radius 2 is 1.91 bits per heavy atom. The van der Waals surface area contributed by atoms with Crippen molar-refractivity contribution >= 4 is 56.4 Å². The van der Waals surface area contributed by atoms with Gasteiger partial charge in [-0.3, -0.25) is 0 Å². The van der Waals surface area contributed by atoms with Crippen molar-refractivity contribution in [2.24, 2.45) is 0 Å². The lowest BCUT2D eigenvalue weighted by molar-refractivity contribution is 0.415. The normalized spacial score (nSPS) is 14.3. The van der Waals surface area contributed by atoms with Crippen LogP contribution < -0.4 is 19.7 Å². The lowest BCUT2D eigenvalue weighted by Crippen LogP contribution is -2.44. The van der Waals surface area contributed by atoms with Crippen LogP contribution in [0, 0.1) is 11.3 Å². The minimum atomic E-state index is -3.24. The molecule has 1 aromatic heterocycles. The molecular weight excluding hydrogens is 511 g/mol. The van der Waals surface area contributed by atoms with Crippen LogP contribution in [-0.2, 0) is 16.6 Å². The molecular formula is C23H26Cl2N6O3S. The van der Waals surface area contributed by atoms with Crippen molar-refractivity contribution in [3.63, 3.8) is 0 Å².